The molecule has 0 aliphatic carbocycles. The molecular formula is C21H28N2O7. The van der Waals surface area contributed by atoms with Crippen LogP contribution in [0.5, 0.6) is 0 Å². The van der Waals surface area contributed by atoms with Crippen LogP contribution in [0.1, 0.15) is 26.3 Å². The largest absolute Gasteiger partial charge is 0.467 e. The summed E-state index contributed by atoms with van der Waals surface area (Å²) >= 11 is 0. The molecule has 30 heavy (non-hydrogen) atoms. The van der Waals surface area contributed by atoms with Crippen molar-refractivity contribution in [2.45, 2.75) is 44.6 Å². The smallest absolute Gasteiger partial charge is 0.411 e. The first-order chi connectivity index (χ1) is 14.1. The van der Waals surface area contributed by atoms with Crippen LogP contribution in [0.2, 0.25) is 0 Å². The van der Waals surface area contributed by atoms with E-state index in [1.54, 1.807) is 20.8 Å². The van der Waals surface area contributed by atoms with Crippen LogP contribution in [-0.2, 0) is 30.3 Å². The molecule has 9 nitrogen and oxygen atoms in total. The van der Waals surface area contributed by atoms with E-state index < -0.39 is 35.4 Å². The Morgan fingerprint density at radius 1 is 1.10 bits per heavy atom. The minimum Gasteiger partial charge on any atom is -0.467 e. The predicted octanol–water partition coefficient (Wildman–Crippen LogP) is 2.19. The SMILES string of the molecule is COC(=O)[C@@H]1COC2(CN(C(=O)OC(C)(C)C)C2)CN1C(=O)OCc1ccccc1. The van der Waals surface area contributed by atoms with Gasteiger partial charge in [0.25, 0.3) is 0 Å². The van der Waals surface area contributed by atoms with Crippen molar-refractivity contribution >= 4 is 18.2 Å². The number of esters is 1. The van der Waals surface area contributed by atoms with Crippen LogP contribution in [0.3, 0.4) is 0 Å². The van der Waals surface area contributed by atoms with Crippen molar-refractivity contribution in [1.29, 1.82) is 0 Å². The maximum atomic E-state index is 12.8. The Morgan fingerprint density at radius 3 is 2.37 bits per heavy atom. The van der Waals surface area contributed by atoms with Gasteiger partial charge in [0.1, 0.15) is 17.8 Å². The molecule has 2 amide bonds. The summed E-state index contributed by atoms with van der Waals surface area (Å²) in [7, 11) is 1.26. The Balaban J connectivity index is 1.64. The molecule has 0 saturated carbocycles. The summed E-state index contributed by atoms with van der Waals surface area (Å²) in [6.07, 6.45) is -1.07. The molecule has 1 aromatic carbocycles. The summed E-state index contributed by atoms with van der Waals surface area (Å²) in [4.78, 5) is 40.0. The highest BCUT2D eigenvalue weighted by Crippen LogP contribution is 2.33. The van der Waals surface area contributed by atoms with E-state index in [0.717, 1.165) is 5.56 Å². The second-order valence-corrected chi connectivity index (χ2v) is 8.54. The summed E-state index contributed by atoms with van der Waals surface area (Å²) < 4.78 is 21.5. The normalized spacial score (nSPS) is 20.3. The number of morpholine rings is 1. The van der Waals surface area contributed by atoms with E-state index in [1.165, 1.54) is 16.9 Å². The van der Waals surface area contributed by atoms with Crippen molar-refractivity contribution in [3.63, 3.8) is 0 Å². The van der Waals surface area contributed by atoms with Crippen LogP contribution >= 0.6 is 0 Å². The van der Waals surface area contributed by atoms with Crippen molar-refractivity contribution in [2.24, 2.45) is 0 Å². The average Bonchev–Trinajstić information content (AvgIpc) is 2.68. The number of likely N-dealkylation sites (tertiary alicyclic amines) is 1. The van der Waals surface area contributed by atoms with Crippen LogP contribution in [0.15, 0.2) is 30.3 Å². The summed E-state index contributed by atoms with van der Waals surface area (Å²) in [6.45, 7) is 6.07. The Kier molecular flexibility index (Phi) is 6.21. The van der Waals surface area contributed by atoms with Gasteiger partial charge in [0.15, 0.2) is 6.04 Å². The molecule has 0 radical (unpaired) electrons. The van der Waals surface area contributed by atoms with Gasteiger partial charge in [0.2, 0.25) is 0 Å². The quantitative estimate of drug-likeness (QED) is 0.546. The Morgan fingerprint density at radius 2 is 1.77 bits per heavy atom. The molecule has 2 heterocycles. The molecule has 1 aromatic rings. The zero-order chi connectivity index (χ0) is 21.9. The lowest BCUT2D eigenvalue weighted by Crippen LogP contribution is -2.74. The first-order valence-corrected chi connectivity index (χ1v) is 9.79. The number of nitrogens with zero attached hydrogens (tertiary/aromatic N) is 2. The standard InChI is InChI=1S/C21H28N2O7/c1-20(2,3)30-18(25)22-12-21(13-22)14-23(16(11-29-21)17(24)27-4)19(26)28-10-15-8-6-5-7-9-15/h5-9,16H,10-14H2,1-4H3/t16-/m0/s1. The fraction of sp³-hybridized carbons (Fsp3) is 0.571. The van der Waals surface area contributed by atoms with Gasteiger partial charge in [-0.3, -0.25) is 4.90 Å². The first-order valence-electron chi connectivity index (χ1n) is 9.79. The molecule has 164 valence electrons. The van der Waals surface area contributed by atoms with E-state index in [4.69, 9.17) is 18.9 Å². The van der Waals surface area contributed by atoms with Crippen LogP contribution < -0.4 is 0 Å². The van der Waals surface area contributed by atoms with Gasteiger partial charge in [0.05, 0.1) is 33.4 Å². The maximum Gasteiger partial charge on any atom is 0.411 e. The van der Waals surface area contributed by atoms with Crippen molar-refractivity contribution in [1.82, 2.24) is 9.80 Å². The minimum absolute atomic E-state index is 0.0325. The number of methoxy groups -OCH3 is 1. The number of hydrogen-bond donors (Lipinski definition) is 0. The molecule has 9 heteroatoms. The summed E-state index contributed by atoms with van der Waals surface area (Å²) in [5, 5.41) is 0. The minimum atomic E-state index is -0.903. The third-order valence-corrected chi connectivity index (χ3v) is 4.90. The number of benzene rings is 1. The number of rotatable bonds is 3. The molecule has 0 aromatic heterocycles. The van der Waals surface area contributed by atoms with Gasteiger partial charge in [-0.05, 0) is 26.3 Å². The molecule has 3 rings (SSSR count). The Bertz CT molecular complexity index is 784. The highest BCUT2D eigenvalue weighted by Gasteiger charge is 2.54. The summed E-state index contributed by atoms with van der Waals surface area (Å²) in [6, 6.07) is 8.36. The number of ether oxygens (including phenoxy) is 4. The maximum absolute atomic E-state index is 12.8. The van der Waals surface area contributed by atoms with Gasteiger partial charge in [-0.15, -0.1) is 0 Å². The molecule has 1 spiro atoms. The third kappa shape index (κ3) is 5.02. The van der Waals surface area contributed by atoms with E-state index in [-0.39, 0.29) is 32.8 Å². The van der Waals surface area contributed by atoms with Crippen LogP contribution in [0, 0.1) is 0 Å². The highest BCUT2D eigenvalue weighted by atomic mass is 16.6. The molecule has 2 aliphatic heterocycles. The molecule has 0 unspecified atom stereocenters. The van der Waals surface area contributed by atoms with Crippen molar-refractivity contribution in [3.05, 3.63) is 35.9 Å². The second kappa shape index (κ2) is 8.51. The molecule has 1 atom stereocenters. The molecule has 2 saturated heterocycles. The Hall–Kier alpha value is -2.81. The molecule has 2 fully saturated rings. The number of carbonyl (C=O) groups is 3. The van der Waals surface area contributed by atoms with Crippen LogP contribution in [-0.4, -0.2) is 78.6 Å². The molecule has 0 bridgehead atoms. The topological polar surface area (TPSA) is 94.6 Å². The van der Waals surface area contributed by atoms with Gasteiger partial charge in [-0.25, -0.2) is 14.4 Å². The van der Waals surface area contributed by atoms with E-state index >= 15 is 0 Å². The lowest BCUT2D eigenvalue weighted by Gasteiger charge is -2.54. The van der Waals surface area contributed by atoms with Crippen LogP contribution in [0.25, 0.3) is 0 Å². The Labute approximate surface area is 175 Å². The summed E-state index contributed by atoms with van der Waals surface area (Å²) in [5.41, 5.74) is -0.521. The molecule has 2 aliphatic rings. The number of amides is 2. The number of carbonyl (C=O) groups excluding carboxylic acids is 3. The van der Waals surface area contributed by atoms with Gasteiger partial charge in [-0.1, -0.05) is 30.3 Å². The van der Waals surface area contributed by atoms with E-state index in [2.05, 4.69) is 0 Å². The monoisotopic (exact) mass is 420 g/mol. The summed E-state index contributed by atoms with van der Waals surface area (Å²) in [5.74, 6) is -0.579. The fourth-order valence-corrected chi connectivity index (χ4v) is 3.43. The number of hydrogen-bond acceptors (Lipinski definition) is 7. The highest BCUT2D eigenvalue weighted by molar-refractivity contribution is 5.82. The van der Waals surface area contributed by atoms with Crippen LogP contribution in [0.4, 0.5) is 9.59 Å². The average molecular weight is 420 g/mol. The fourth-order valence-electron chi connectivity index (χ4n) is 3.43. The third-order valence-electron chi connectivity index (χ3n) is 4.90. The van der Waals surface area contributed by atoms with Gasteiger partial charge < -0.3 is 23.8 Å². The van der Waals surface area contributed by atoms with Crippen molar-refractivity contribution in [2.75, 3.05) is 33.4 Å². The van der Waals surface area contributed by atoms with E-state index in [9.17, 15) is 14.4 Å². The van der Waals surface area contributed by atoms with E-state index in [0.29, 0.717) is 0 Å². The zero-order valence-corrected chi connectivity index (χ0v) is 17.8. The van der Waals surface area contributed by atoms with Crippen molar-refractivity contribution in [3.8, 4) is 0 Å². The predicted molar refractivity (Wildman–Crippen MR) is 106 cm³/mol. The lowest BCUT2D eigenvalue weighted by atomic mass is 9.91. The van der Waals surface area contributed by atoms with E-state index in [1.807, 2.05) is 30.3 Å². The van der Waals surface area contributed by atoms with Crippen molar-refractivity contribution < 1.29 is 33.3 Å². The first kappa shape index (κ1) is 21.9. The van der Waals surface area contributed by atoms with Gasteiger partial charge >= 0.3 is 18.2 Å². The lowest BCUT2D eigenvalue weighted by molar-refractivity contribution is -0.197. The van der Waals surface area contributed by atoms with Gasteiger partial charge in [-0.2, -0.15) is 0 Å². The molecule has 0 N–H and O–H groups in total. The molecular weight excluding hydrogens is 392 g/mol. The zero-order valence-electron chi connectivity index (χ0n) is 17.8. The second-order valence-electron chi connectivity index (χ2n) is 8.54. The van der Waals surface area contributed by atoms with Gasteiger partial charge in [0, 0.05) is 0 Å².